The Morgan fingerprint density at radius 3 is 2.88 bits per heavy atom. The van der Waals surface area contributed by atoms with Crippen LogP contribution in [-0.4, -0.2) is 82.0 Å². The van der Waals surface area contributed by atoms with E-state index in [0.717, 1.165) is 50.2 Å². The second kappa shape index (κ2) is 10.5. The van der Waals surface area contributed by atoms with Crippen LogP contribution in [0.5, 0.6) is 0 Å². The number of ether oxygens (including phenoxy) is 1. The third kappa shape index (κ3) is 5.70. The highest BCUT2D eigenvalue weighted by Gasteiger charge is 2.21. The van der Waals surface area contributed by atoms with Crippen molar-refractivity contribution in [2.45, 2.75) is 38.6 Å². The quantitative estimate of drug-likeness (QED) is 0.580. The van der Waals surface area contributed by atoms with E-state index < -0.39 is 0 Å². The molecule has 1 amide bonds. The summed E-state index contributed by atoms with van der Waals surface area (Å²) in [6.07, 6.45) is 6.99. The SMILES string of the molecule is Cc1nn(C2CCN(C)CC2)cc1Nc1ncc(C#N)c(NCCCN2CCCOC2=O)n1. The molecule has 2 aromatic rings. The number of nitrogens with one attached hydrogen (secondary N) is 2. The Morgan fingerprint density at radius 1 is 1.30 bits per heavy atom. The van der Waals surface area contributed by atoms with Gasteiger partial charge in [-0.1, -0.05) is 0 Å². The number of carbonyl (C=O) groups excluding carboxylic acids is 1. The lowest BCUT2D eigenvalue weighted by molar-refractivity contribution is 0.0729. The fraction of sp³-hybridized carbons (Fsp3) is 0.591. The number of anilines is 3. The zero-order valence-corrected chi connectivity index (χ0v) is 19.3. The van der Waals surface area contributed by atoms with Crippen molar-refractivity contribution in [1.29, 1.82) is 5.26 Å². The van der Waals surface area contributed by atoms with Crippen LogP contribution in [0.25, 0.3) is 0 Å². The zero-order chi connectivity index (χ0) is 23.2. The van der Waals surface area contributed by atoms with Crippen LogP contribution >= 0.6 is 0 Å². The molecule has 2 aromatic heterocycles. The van der Waals surface area contributed by atoms with Crippen molar-refractivity contribution in [2.24, 2.45) is 0 Å². The minimum Gasteiger partial charge on any atom is -0.449 e. The molecular formula is C22H31N9O2. The first kappa shape index (κ1) is 22.8. The van der Waals surface area contributed by atoms with Crippen LogP contribution in [0.15, 0.2) is 12.4 Å². The van der Waals surface area contributed by atoms with Crippen molar-refractivity contribution in [2.75, 3.05) is 57.0 Å². The van der Waals surface area contributed by atoms with Gasteiger partial charge in [0.1, 0.15) is 17.5 Å². The number of aryl methyl sites for hydroxylation is 1. The normalized spacial score (nSPS) is 17.5. The van der Waals surface area contributed by atoms with Crippen LogP contribution in [0.2, 0.25) is 0 Å². The number of amides is 1. The summed E-state index contributed by atoms with van der Waals surface area (Å²) < 4.78 is 7.10. The zero-order valence-electron chi connectivity index (χ0n) is 19.3. The van der Waals surface area contributed by atoms with Gasteiger partial charge in [-0.15, -0.1) is 0 Å². The van der Waals surface area contributed by atoms with Crippen LogP contribution in [0.1, 0.15) is 43.0 Å². The molecule has 0 unspecified atom stereocenters. The molecule has 2 fully saturated rings. The molecule has 0 aromatic carbocycles. The van der Waals surface area contributed by atoms with Gasteiger partial charge in [-0.2, -0.15) is 15.3 Å². The van der Waals surface area contributed by atoms with E-state index in [-0.39, 0.29) is 6.09 Å². The maximum atomic E-state index is 11.7. The van der Waals surface area contributed by atoms with Crippen molar-refractivity contribution >= 4 is 23.5 Å². The molecule has 2 aliphatic rings. The lowest BCUT2D eigenvalue weighted by atomic mass is 10.1. The summed E-state index contributed by atoms with van der Waals surface area (Å²) in [6.45, 7) is 6.47. The molecule has 4 heterocycles. The highest BCUT2D eigenvalue weighted by atomic mass is 16.6. The minimum absolute atomic E-state index is 0.261. The molecule has 2 N–H and O–H groups in total. The topological polar surface area (TPSA) is 124 Å². The number of nitriles is 1. The molecule has 0 bridgehead atoms. The number of hydrogen-bond acceptors (Lipinski definition) is 9. The summed E-state index contributed by atoms with van der Waals surface area (Å²) in [5.74, 6) is 0.874. The van der Waals surface area contributed by atoms with Gasteiger partial charge in [0.2, 0.25) is 5.95 Å². The summed E-state index contributed by atoms with van der Waals surface area (Å²) in [5.41, 5.74) is 2.11. The van der Waals surface area contributed by atoms with E-state index in [2.05, 4.69) is 38.6 Å². The predicted molar refractivity (Wildman–Crippen MR) is 123 cm³/mol. The van der Waals surface area contributed by atoms with Crippen molar-refractivity contribution in [1.82, 2.24) is 29.5 Å². The van der Waals surface area contributed by atoms with Crippen LogP contribution in [0.4, 0.5) is 22.2 Å². The van der Waals surface area contributed by atoms with E-state index in [4.69, 9.17) is 9.84 Å². The van der Waals surface area contributed by atoms with E-state index in [9.17, 15) is 10.1 Å². The van der Waals surface area contributed by atoms with E-state index in [1.165, 1.54) is 6.20 Å². The highest BCUT2D eigenvalue weighted by Crippen LogP contribution is 2.26. The van der Waals surface area contributed by atoms with Gasteiger partial charge in [0.05, 0.1) is 30.2 Å². The van der Waals surface area contributed by atoms with Gasteiger partial charge in [-0.05, 0) is 52.7 Å². The number of carbonyl (C=O) groups is 1. The van der Waals surface area contributed by atoms with E-state index in [1.54, 1.807) is 4.90 Å². The molecule has 11 heteroatoms. The number of rotatable bonds is 8. The Bertz CT molecular complexity index is 1010. The summed E-state index contributed by atoms with van der Waals surface area (Å²) in [6, 6.07) is 2.52. The fourth-order valence-corrected chi connectivity index (χ4v) is 4.11. The summed E-state index contributed by atoms with van der Waals surface area (Å²) in [5, 5.41) is 20.6. The molecule has 0 aliphatic carbocycles. The summed E-state index contributed by atoms with van der Waals surface area (Å²) in [7, 11) is 2.15. The molecule has 2 aliphatic heterocycles. The van der Waals surface area contributed by atoms with E-state index in [0.29, 0.717) is 49.6 Å². The lowest BCUT2D eigenvalue weighted by Crippen LogP contribution is -2.38. The molecule has 11 nitrogen and oxygen atoms in total. The Balaban J connectivity index is 1.36. The average Bonchev–Trinajstić information content (AvgIpc) is 3.18. The first-order valence-corrected chi connectivity index (χ1v) is 11.5. The van der Waals surface area contributed by atoms with Crippen LogP contribution in [0, 0.1) is 18.3 Å². The molecule has 176 valence electrons. The number of nitrogens with zero attached hydrogens (tertiary/aromatic N) is 7. The standard InChI is InChI=1S/C22H31N9O2/c1-16-19(15-31(28-16)18-5-10-29(2)11-6-18)26-21-25-14-17(13-23)20(27-21)24-7-3-8-30-9-4-12-33-22(30)32/h14-15,18H,3-12H2,1-2H3,(H2,24,25,26,27). The molecule has 2 saturated heterocycles. The Morgan fingerprint density at radius 2 is 2.12 bits per heavy atom. The molecule has 33 heavy (non-hydrogen) atoms. The minimum atomic E-state index is -0.261. The average molecular weight is 454 g/mol. The van der Waals surface area contributed by atoms with Crippen LogP contribution in [-0.2, 0) is 4.74 Å². The Kier molecular flexibility index (Phi) is 7.24. The van der Waals surface area contributed by atoms with Gasteiger partial charge >= 0.3 is 6.09 Å². The number of cyclic esters (lactones) is 1. The van der Waals surface area contributed by atoms with Crippen molar-refractivity contribution in [3.05, 3.63) is 23.7 Å². The van der Waals surface area contributed by atoms with E-state index in [1.807, 2.05) is 17.8 Å². The smallest absolute Gasteiger partial charge is 0.409 e. The van der Waals surface area contributed by atoms with Gasteiger partial charge in [-0.3, -0.25) is 4.68 Å². The fourth-order valence-electron chi connectivity index (χ4n) is 4.11. The maximum absolute atomic E-state index is 11.7. The number of hydrogen-bond donors (Lipinski definition) is 2. The predicted octanol–water partition coefficient (Wildman–Crippen LogP) is 2.51. The van der Waals surface area contributed by atoms with Gasteiger partial charge in [-0.25, -0.2) is 9.78 Å². The molecule has 0 radical (unpaired) electrons. The van der Waals surface area contributed by atoms with Gasteiger partial charge in [0.15, 0.2) is 0 Å². The molecule has 4 rings (SSSR count). The van der Waals surface area contributed by atoms with Crippen LogP contribution in [0.3, 0.4) is 0 Å². The molecule has 0 atom stereocenters. The first-order valence-electron chi connectivity index (χ1n) is 11.5. The second-order valence-corrected chi connectivity index (χ2v) is 8.57. The highest BCUT2D eigenvalue weighted by molar-refractivity contribution is 5.68. The Labute approximate surface area is 193 Å². The van der Waals surface area contributed by atoms with E-state index >= 15 is 0 Å². The monoisotopic (exact) mass is 453 g/mol. The van der Waals surface area contributed by atoms with Crippen molar-refractivity contribution < 1.29 is 9.53 Å². The third-order valence-corrected chi connectivity index (χ3v) is 6.09. The second-order valence-electron chi connectivity index (χ2n) is 8.57. The number of likely N-dealkylation sites (tertiary alicyclic amines) is 1. The Hall–Kier alpha value is -3.39. The van der Waals surface area contributed by atoms with Gasteiger partial charge in [0.25, 0.3) is 0 Å². The third-order valence-electron chi connectivity index (χ3n) is 6.09. The summed E-state index contributed by atoms with van der Waals surface area (Å²) in [4.78, 5) is 24.6. The summed E-state index contributed by atoms with van der Waals surface area (Å²) >= 11 is 0. The molecular weight excluding hydrogens is 422 g/mol. The largest absolute Gasteiger partial charge is 0.449 e. The van der Waals surface area contributed by atoms with Gasteiger partial charge < -0.3 is 25.2 Å². The van der Waals surface area contributed by atoms with Crippen molar-refractivity contribution in [3.63, 3.8) is 0 Å². The maximum Gasteiger partial charge on any atom is 0.409 e. The first-order chi connectivity index (χ1) is 16.0. The van der Waals surface area contributed by atoms with Gasteiger partial charge in [0, 0.05) is 25.8 Å². The number of aromatic nitrogens is 4. The molecule has 0 saturated carbocycles. The lowest BCUT2D eigenvalue weighted by Gasteiger charge is -2.28. The van der Waals surface area contributed by atoms with Crippen LogP contribution < -0.4 is 10.6 Å². The molecule has 0 spiro atoms. The number of piperidine rings is 1. The van der Waals surface area contributed by atoms with Crippen molar-refractivity contribution in [3.8, 4) is 6.07 Å².